The Morgan fingerprint density at radius 3 is 1.14 bits per heavy atom. The number of carbonyl (C=O) groups is 1. The Hall–Kier alpha value is -1.28. The zero-order valence-corrected chi connectivity index (χ0v) is 49.5. The molecule has 0 amide bonds. The highest BCUT2D eigenvalue weighted by Gasteiger charge is 2.20. The first-order chi connectivity index (χ1) is 35.1. The highest BCUT2D eigenvalue weighted by molar-refractivity contribution is 7.45. The van der Waals surface area contributed by atoms with Crippen molar-refractivity contribution in [1.29, 1.82) is 0 Å². The van der Waals surface area contributed by atoms with Gasteiger partial charge in [-0.1, -0.05) is 281 Å². The third-order valence-corrected chi connectivity index (χ3v) is 14.9. The zero-order chi connectivity index (χ0) is 52.6. The normalized spacial score (nSPS) is 13.6. The molecular formula is C63H122NO7P. The quantitative estimate of drug-likeness (QED) is 0.0197. The van der Waals surface area contributed by atoms with Crippen molar-refractivity contribution in [3.63, 3.8) is 0 Å². The van der Waals surface area contributed by atoms with Crippen molar-refractivity contribution in [3.05, 3.63) is 36.5 Å². The van der Waals surface area contributed by atoms with Crippen LogP contribution in [0, 0.1) is 0 Å². The second kappa shape index (κ2) is 55.9. The number of hydrogen-bond acceptors (Lipinski definition) is 7. The third-order valence-electron chi connectivity index (χ3n) is 13.9. The van der Waals surface area contributed by atoms with Crippen LogP contribution < -0.4 is 4.89 Å². The molecule has 0 saturated carbocycles. The number of esters is 1. The number of carbonyl (C=O) groups excluding carboxylic acids is 1. The number of ether oxygens (including phenoxy) is 2. The average Bonchev–Trinajstić information content (AvgIpc) is 3.34. The lowest BCUT2D eigenvalue weighted by Gasteiger charge is -2.28. The molecule has 0 saturated heterocycles. The number of unbranched alkanes of at least 4 members (excludes halogenated alkanes) is 39. The van der Waals surface area contributed by atoms with Gasteiger partial charge in [-0.05, 0) is 51.4 Å². The summed E-state index contributed by atoms with van der Waals surface area (Å²) in [6.07, 6.45) is 70.6. The fourth-order valence-corrected chi connectivity index (χ4v) is 9.87. The van der Waals surface area contributed by atoms with Crippen LogP contribution in [-0.4, -0.2) is 70.7 Å². The standard InChI is InChI=1S/C63H122NO7P/c1-6-8-10-12-14-16-18-20-22-24-26-28-30-32-34-36-38-40-42-44-46-48-50-52-54-56-63(65)71-62(61-70-72(66,67)69-59-57-64(3,4)5)60-68-58-55-53-51-49-47-45-43-41-39-37-35-33-31-29-27-25-23-21-19-17-15-13-11-9-7-2/h18,20,24,26,30,32,62H,6-17,19,21-23,25,27-29,31,33-61H2,1-5H3/b20-18-,26-24-,32-30-. The first kappa shape index (κ1) is 70.7. The van der Waals surface area contributed by atoms with E-state index in [4.69, 9.17) is 18.5 Å². The molecule has 0 N–H and O–H groups in total. The Bertz CT molecular complexity index is 1250. The lowest BCUT2D eigenvalue weighted by Crippen LogP contribution is -2.37. The van der Waals surface area contributed by atoms with Crippen molar-refractivity contribution in [3.8, 4) is 0 Å². The molecule has 426 valence electrons. The minimum absolute atomic E-state index is 0.0270. The minimum atomic E-state index is -4.54. The summed E-state index contributed by atoms with van der Waals surface area (Å²) in [4.78, 5) is 25.3. The first-order valence-electron chi connectivity index (χ1n) is 31.2. The Labute approximate surface area is 448 Å². The van der Waals surface area contributed by atoms with Crippen LogP contribution >= 0.6 is 7.82 Å². The molecule has 0 heterocycles. The molecule has 8 nitrogen and oxygen atoms in total. The average molecular weight is 1040 g/mol. The number of likely N-dealkylation sites (N-methyl/N-ethyl adjacent to an activating group) is 1. The van der Waals surface area contributed by atoms with Gasteiger partial charge >= 0.3 is 5.97 Å². The molecule has 9 heteroatoms. The van der Waals surface area contributed by atoms with Gasteiger partial charge in [-0.15, -0.1) is 0 Å². The van der Waals surface area contributed by atoms with Gasteiger partial charge in [0, 0.05) is 13.0 Å². The van der Waals surface area contributed by atoms with E-state index in [0.29, 0.717) is 24.1 Å². The number of rotatable bonds is 59. The Morgan fingerprint density at radius 1 is 0.431 bits per heavy atom. The monoisotopic (exact) mass is 1040 g/mol. The number of hydrogen-bond donors (Lipinski definition) is 0. The van der Waals surface area contributed by atoms with Crippen LogP contribution in [0.1, 0.15) is 303 Å². The summed E-state index contributed by atoms with van der Waals surface area (Å²) in [5, 5.41) is 0. The highest BCUT2D eigenvalue weighted by Crippen LogP contribution is 2.38. The van der Waals surface area contributed by atoms with Crippen LogP contribution in [0.15, 0.2) is 36.5 Å². The molecule has 0 fully saturated rings. The van der Waals surface area contributed by atoms with Crippen LogP contribution in [0.25, 0.3) is 0 Å². The van der Waals surface area contributed by atoms with Crippen LogP contribution in [0.3, 0.4) is 0 Å². The molecule has 0 aliphatic rings. The Kier molecular flexibility index (Phi) is 54.9. The second-order valence-electron chi connectivity index (χ2n) is 22.4. The van der Waals surface area contributed by atoms with Crippen molar-refractivity contribution in [2.75, 3.05) is 54.1 Å². The maximum absolute atomic E-state index is 12.8. The summed E-state index contributed by atoms with van der Waals surface area (Å²) in [6, 6.07) is 0. The van der Waals surface area contributed by atoms with Gasteiger partial charge in [-0.2, -0.15) is 0 Å². The van der Waals surface area contributed by atoms with E-state index in [1.54, 1.807) is 0 Å². The van der Waals surface area contributed by atoms with Crippen molar-refractivity contribution in [2.24, 2.45) is 0 Å². The summed E-state index contributed by atoms with van der Waals surface area (Å²) in [5.74, 6) is -0.332. The number of phosphoric ester groups is 1. The van der Waals surface area contributed by atoms with Gasteiger partial charge in [0.05, 0.1) is 34.4 Å². The molecule has 0 aliphatic heterocycles. The topological polar surface area (TPSA) is 94.1 Å². The summed E-state index contributed by atoms with van der Waals surface area (Å²) in [6.45, 7) is 5.46. The molecule has 0 rings (SSSR count). The molecule has 0 aromatic rings. The molecule has 2 unspecified atom stereocenters. The SMILES string of the molecule is CCCCCCC/C=C\C/C=C\C/C=C\CCCCCCCCCCCCC(=O)OC(COCCCCCCCCCCCCCCCCCCCCCCCCCCC)COP(=O)([O-])OCC[N+](C)(C)C. The Balaban J connectivity index is 4.01. The second-order valence-corrected chi connectivity index (χ2v) is 23.8. The van der Waals surface area contributed by atoms with E-state index in [9.17, 15) is 14.3 Å². The van der Waals surface area contributed by atoms with Gasteiger partial charge in [0.25, 0.3) is 7.82 Å². The van der Waals surface area contributed by atoms with E-state index in [0.717, 1.165) is 44.9 Å². The molecule has 2 atom stereocenters. The van der Waals surface area contributed by atoms with Gasteiger partial charge in [0.2, 0.25) is 0 Å². The maximum atomic E-state index is 12.8. The summed E-state index contributed by atoms with van der Waals surface area (Å²) >= 11 is 0. The molecule has 0 aromatic heterocycles. The number of allylic oxidation sites excluding steroid dienone is 6. The number of phosphoric acid groups is 1. The van der Waals surface area contributed by atoms with Crippen molar-refractivity contribution in [2.45, 2.75) is 309 Å². The number of quaternary nitrogens is 1. The molecule has 0 aliphatic carbocycles. The smallest absolute Gasteiger partial charge is 0.306 e. The van der Waals surface area contributed by atoms with E-state index in [1.807, 2.05) is 21.1 Å². The fourth-order valence-electron chi connectivity index (χ4n) is 9.15. The largest absolute Gasteiger partial charge is 0.756 e. The van der Waals surface area contributed by atoms with E-state index >= 15 is 0 Å². The molecule has 0 aromatic carbocycles. The van der Waals surface area contributed by atoms with Crippen molar-refractivity contribution < 1.29 is 37.3 Å². The molecule has 0 radical (unpaired) electrons. The van der Waals surface area contributed by atoms with Crippen LogP contribution in [0.5, 0.6) is 0 Å². The first-order valence-corrected chi connectivity index (χ1v) is 32.7. The maximum Gasteiger partial charge on any atom is 0.306 e. The summed E-state index contributed by atoms with van der Waals surface area (Å²) in [5.41, 5.74) is 0. The van der Waals surface area contributed by atoms with Gasteiger partial charge in [-0.25, -0.2) is 0 Å². The minimum Gasteiger partial charge on any atom is -0.756 e. The van der Waals surface area contributed by atoms with Gasteiger partial charge in [0.15, 0.2) is 0 Å². The summed E-state index contributed by atoms with van der Waals surface area (Å²) < 4.78 is 34.9. The predicted octanol–water partition coefficient (Wildman–Crippen LogP) is 19.4. The lowest BCUT2D eigenvalue weighted by atomic mass is 10.0. The third kappa shape index (κ3) is 59.6. The van der Waals surface area contributed by atoms with E-state index < -0.39 is 13.9 Å². The van der Waals surface area contributed by atoms with Crippen LogP contribution in [0.4, 0.5) is 0 Å². The fraction of sp³-hybridized carbons (Fsp3) is 0.889. The molecule has 72 heavy (non-hydrogen) atoms. The van der Waals surface area contributed by atoms with E-state index in [2.05, 4.69) is 50.3 Å². The molecular weight excluding hydrogens is 914 g/mol. The lowest BCUT2D eigenvalue weighted by molar-refractivity contribution is -0.870. The van der Waals surface area contributed by atoms with Crippen molar-refractivity contribution >= 4 is 13.8 Å². The van der Waals surface area contributed by atoms with Crippen LogP contribution in [-0.2, 0) is 27.9 Å². The van der Waals surface area contributed by atoms with Gasteiger partial charge in [0.1, 0.15) is 19.3 Å². The predicted molar refractivity (Wildman–Crippen MR) is 310 cm³/mol. The Morgan fingerprint density at radius 2 is 0.764 bits per heavy atom. The number of nitrogens with zero attached hydrogens (tertiary/aromatic N) is 1. The van der Waals surface area contributed by atoms with Crippen molar-refractivity contribution in [1.82, 2.24) is 0 Å². The molecule has 0 spiro atoms. The van der Waals surface area contributed by atoms with Crippen LogP contribution in [0.2, 0.25) is 0 Å². The van der Waals surface area contributed by atoms with Gasteiger partial charge in [-0.3, -0.25) is 9.36 Å². The molecule has 0 bridgehead atoms. The van der Waals surface area contributed by atoms with Gasteiger partial charge < -0.3 is 27.9 Å². The highest BCUT2D eigenvalue weighted by atomic mass is 31.2. The van der Waals surface area contributed by atoms with E-state index in [-0.39, 0.29) is 25.8 Å². The zero-order valence-electron chi connectivity index (χ0n) is 48.6. The van der Waals surface area contributed by atoms with E-state index in [1.165, 1.54) is 238 Å². The summed E-state index contributed by atoms with van der Waals surface area (Å²) in [7, 11) is 1.37.